The Morgan fingerprint density at radius 3 is 2.74 bits per heavy atom. The first-order valence-electron chi connectivity index (χ1n) is 5.65. The molecule has 2 rings (SSSR count). The number of carbonyl (C=O) groups is 2. The third-order valence-corrected chi connectivity index (χ3v) is 2.53. The average molecular weight is 259 g/mol. The summed E-state index contributed by atoms with van der Waals surface area (Å²) in [5.74, 6) is -0.883. The predicted molar refractivity (Wildman–Crippen MR) is 67.9 cm³/mol. The monoisotopic (exact) mass is 259 g/mol. The molecule has 1 heterocycles. The van der Waals surface area contributed by atoms with Gasteiger partial charge in [0, 0.05) is 5.69 Å². The SMILES string of the molecule is COC(=O)CNC(=O)c1cncn1-c1ccccc1. The number of benzene rings is 1. The maximum absolute atomic E-state index is 11.9. The van der Waals surface area contributed by atoms with Gasteiger partial charge in [-0.25, -0.2) is 4.98 Å². The molecule has 0 aliphatic rings. The third kappa shape index (κ3) is 2.98. The number of aromatic nitrogens is 2. The van der Waals surface area contributed by atoms with Crippen LogP contribution in [0.25, 0.3) is 5.69 Å². The van der Waals surface area contributed by atoms with Crippen LogP contribution >= 0.6 is 0 Å². The van der Waals surface area contributed by atoms with Crippen molar-refractivity contribution in [2.45, 2.75) is 0 Å². The molecule has 0 aliphatic heterocycles. The van der Waals surface area contributed by atoms with Crippen molar-refractivity contribution < 1.29 is 14.3 Å². The lowest BCUT2D eigenvalue weighted by Crippen LogP contribution is -2.31. The smallest absolute Gasteiger partial charge is 0.325 e. The van der Waals surface area contributed by atoms with E-state index in [4.69, 9.17) is 0 Å². The highest BCUT2D eigenvalue weighted by atomic mass is 16.5. The molecule has 1 aromatic heterocycles. The van der Waals surface area contributed by atoms with E-state index in [9.17, 15) is 9.59 Å². The Balaban J connectivity index is 2.16. The Hall–Kier alpha value is -2.63. The van der Waals surface area contributed by atoms with Crippen molar-refractivity contribution in [1.82, 2.24) is 14.9 Å². The van der Waals surface area contributed by atoms with E-state index in [0.29, 0.717) is 5.69 Å². The van der Waals surface area contributed by atoms with Crippen LogP contribution in [0, 0.1) is 0 Å². The number of amides is 1. The molecule has 19 heavy (non-hydrogen) atoms. The summed E-state index contributed by atoms with van der Waals surface area (Å²) in [6.45, 7) is -0.171. The van der Waals surface area contributed by atoms with E-state index in [1.807, 2.05) is 30.3 Å². The first kappa shape index (κ1) is 12.8. The molecule has 0 spiro atoms. The molecule has 0 unspecified atom stereocenters. The van der Waals surface area contributed by atoms with Crippen LogP contribution in [0.5, 0.6) is 0 Å². The summed E-state index contributed by atoms with van der Waals surface area (Å²) in [4.78, 5) is 26.9. The molecule has 6 nitrogen and oxygen atoms in total. The zero-order valence-electron chi connectivity index (χ0n) is 10.4. The van der Waals surface area contributed by atoms with E-state index >= 15 is 0 Å². The molecule has 0 aliphatic carbocycles. The van der Waals surface area contributed by atoms with Gasteiger partial charge in [0.05, 0.1) is 19.6 Å². The molecule has 0 bridgehead atoms. The summed E-state index contributed by atoms with van der Waals surface area (Å²) in [6, 6.07) is 9.34. The molecule has 2 aromatic rings. The Labute approximate surface area is 110 Å². The Bertz CT molecular complexity index is 578. The quantitative estimate of drug-likeness (QED) is 0.823. The van der Waals surface area contributed by atoms with Crippen LogP contribution in [0.1, 0.15) is 10.5 Å². The second-order valence-corrected chi connectivity index (χ2v) is 3.74. The molecule has 0 radical (unpaired) electrons. The second-order valence-electron chi connectivity index (χ2n) is 3.74. The zero-order chi connectivity index (χ0) is 13.7. The summed E-state index contributed by atoms with van der Waals surface area (Å²) in [5.41, 5.74) is 1.18. The van der Waals surface area contributed by atoms with E-state index in [1.165, 1.54) is 13.3 Å². The molecule has 1 amide bonds. The molecule has 0 saturated heterocycles. The van der Waals surface area contributed by atoms with Crippen molar-refractivity contribution in [3.05, 3.63) is 48.5 Å². The van der Waals surface area contributed by atoms with Gasteiger partial charge in [-0.1, -0.05) is 18.2 Å². The van der Waals surface area contributed by atoms with Crippen molar-refractivity contribution in [3.8, 4) is 5.69 Å². The number of nitrogens with zero attached hydrogens (tertiary/aromatic N) is 2. The van der Waals surface area contributed by atoms with E-state index in [0.717, 1.165) is 5.69 Å². The molecule has 98 valence electrons. The molecular formula is C13H13N3O3. The van der Waals surface area contributed by atoms with Gasteiger partial charge in [0.1, 0.15) is 12.2 Å². The van der Waals surface area contributed by atoms with Crippen LogP contribution in [-0.2, 0) is 9.53 Å². The fourth-order valence-electron chi connectivity index (χ4n) is 1.57. The number of rotatable bonds is 4. The average Bonchev–Trinajstić information content (AvgIpc) is 2.94. The second kappa shape index (κ2) is 5.81. The van der Waals surface area contributed by atoms with Crippen molar-refractivity contribution in [2.75, 3.05) is 13.7 Å². The van der Waals surface area contributed by atoms with Gasteiger partial charge in [-0.2, -0.15) is 0 Å². The minimum Gasteiger partial charge on any atom is -0.468 e. The van der Waals surface area contributed by atoms with Crippen molar-refractivity contribution in [2.24, 2.45) is 0 Å². The van der Waals surface area contributed by atoms with Gasteiger partial charge in [0.2, 0.25) is 0 Å². The Morgan fingerprint density at radius 2 is 2.05 bits per heavy atom. The fourth-order valence-corrected chi connectivity index (χ4v) is 1.57. The first-order valence-corrected chi connectivity index (χ1v) is 5.65. The van der Waals surface area contributed by atoms with Crippen molar-refractivity contribution in [1.29, 1.82) is 0 Å². The van der Waals surface area contributed by atoms with E-state index in [2.05, 4.69) is 15.0 Å². The molecule has 0 atom stereocenters. The van der Waals surface area contributed by atoms with E-state index < -0.39 is 5.97 Å². The summed E-state index contributed by atoms with van der Waals surface area (Å²) < 4.78 is 6.10. The zero-order valence-corrected chi connectivity index (χ0v) is 10.4. The highest BCUT2D eigenvalue weighted by Crippen LogP contribution is 2.10. The van der Waals surface area contributed by atoms with Gasteiger partial charge in [-0.15, -0.1) is 0 Å². The summed E-state index contributed by atoms with van der Waals surface area (Å²) in [5, 5.41) is 2.47. The fraction of sp³-hybridized carbons (Fsp3) is 0.154. The maximum Gasteiger partial charge on any atom is 0.325 e. The number of methoxy groups -OCH3 is 1. The molecule has 1 aromatic carbocycles. The number of nitrogens with one attached hydrogen (secondary N) is 1. The Morgan fingerprint density at radius 1 is 1.32 bits per heavy atom. The van der Waals surface area contributed by atoms with E-state index in [1.54, 1.807) is 10.9 Å². The lowest BCUT2D eigenvalue weighted by atomic mass is 10.3. The number of esters is 1. The number of ether oxygens (including phenoxy) is 1. The van der Waals surface area contributed by atoms with Gasteiger partial charge in [0.15, 0.2) is 0 Å². The molecule has 1 N–H and O–H groups in total. The third-order valence-electron chi connectivity index (χ3n) is 2.53. The molecule has 0 saturated carbocycles. The van der Waals surface area contributed by atoms with Gasteiger partial charge >= 0.3 is 5.97 Å². The highest BCUT2D eigenvalue weighted by molar-refractivity contribution is 5.94. The van der Waals surface area contributed by atoms with Crippen LogP contribution in [0.15, 0.2) is 42.9 Å². The summed E-state index contributed by atoms with van der Waals surface area (Å²) in [6.07, 6.45) is 2.99. The van der Waals surface area contributed by atoms with Crippen LogP contribution in [0.2, 0.25) is 0 Å². The first-order chi connectivity index (χ1) is 9.22. The number of para-hydroxylation sites is 1. The normalized spacial score (nSPS) is 9.95. The number of hydrogen-bond donors (Lipinski definition) is 1. The summed E-state index contributed by atoms with van der Waals surface area (Å²) >= 11 is 0. The molecule has 6 heteroatoms. The number of carbonyl (C=O) groups excluding carboxylic acids is 2. The standard InChI is InChI=1S/C13H13N3O3/c1-19-12(17)8-15-13(18)11-7-14-9-16(11)10-5-3-2-4-6-10/h2-7,9H,8H2,1H3,(H,15,18). The van der Waals surface area contributed by atoms with Gasteiger partial charge in [0.25, 0.3) is 5.91 Å². The summed E-state index contributed by atoms with van der Waals surface area (Å²) in [7, 11) is 1.27. The maximum atomic E-state index is 11.9. The minimum atomic E-state index is -0.501. The van der Waals surface area contributed by atoms with Crippen molar-refractivity contribution >= 4 is 11.9 Å². The highest BCUT2D eigenvalue weighted by Gasteiger charge is 2.13. The lowest BCUT2D eigenvalue weighted by Gasteiger charge is -2.08. The van der Waals surface area contributed by atoms with Crippen LogP contribution in [0.4, 0.5) is 0 Å². The van der Waals surface area contributed by atoms with Crippen LogP contribution in [0.3, 0.4) is 0 Å². The Kier molecular flexibility index (Phi) is 3.92. The molecule has 0 fully saturated rings. The number of hydrogen-bond acceptors (Lipinski definition) is 4. The van der Waals surface area contributed by atoms with Gasteiger partial charge < -0.3 is 10.1 Å². The van der Waals surface area contributed by atoms with Crippen LogP contribution < -0.4 is 5.32 Å². The topological polar surface area (TPSA) is 73.2 Å². The van der Waals surface area contributed by atoms with Gasteiger partial charge in [-0.05, 0) is 12.1 Å². The largest absolute Gasteiger partial charge is 0.468 e. The predicted octanol–water partition coefficient (Wildman–Crippen LogP) is 0.775. The van der Waals surface area contributed by atoms with Crippen LogP contribution in [-0.4, -0.2) is 35.1 Å². The van der Waals surface area contributed by atoms with Crippen molar-refractivity contribution in [3.63, 3.8) is 0 Å². The lowest BCUT2D eigenvalue weighted by molar-refractivity contribution is -0.139. The van der Waals surface area contributed by atoms with E-state index in [-0.39, 0.29) is 12.5 Å². The number of imidazole rings is 1. The van der Waals surface area contributed by atoms with Gasteiger partial charge in [-0.3, -0.25) is 14.2 Å². The molecular weight excluding hydrogens is 246 g/mol. The minimum absolute atomic E-state index is 0.171.